The van der Waals surface area contributed by atoms with E-state index in [9.17, 15) is 0 Å². The fourth-order valence-corrected chi connectivity index (χ4v) is 4.21. The highest BCUT2D eigenvalue weighted by atomic mass is 32.1. The van der Waals surface area contributed by atoms with Crippen molar-refractivity contribution >= 4 is 32.3 Å². The number of methoxy groups -OCH3 is 2. The van der Waals surface area contributed by atoms with Crippen molar-refractivity contribution in [2.24, 2.45) is 0 Å². The first-order valence-electron chi connectivity index (χ1n) is 8.17. The van der Waals surface area contributed by atoms with E-state index in [1.165, 1.54) is 15.8 Å². The topological polar surface area (TPSA) is 31.4 Å². The minimum Gasteiger partial charge on any atom is -0.496 e. The number of nitrogens with zero attached hydrogens (tertiary/aromatic N) is 1. The van der Waals surface area contributed by atoms with E-state index >= 15 is 0 Å². The van der Waals surface area contributed by atoms with Gasteiger partial charge >= 0.3 is 0 Å². The molecule has 4 heteroatoms. The Labute approximate surface area is 150 Å². The predicted molar refractivity (Wildman–Crippen MR) is 104 cm³/mol. The maximum absolute atomic E-state index is 5.82. The number of ether oxygens (including phenoxy) is 2. The lowest BCUT2D eigenvalue weighted by atomic mass is 9.94. The highest BCUT2D eigenvalue weighted by Gasteiger charge is 2.18. The van der Waals surface area contributed by atoms with Gasteiger partial charge in [-0.25, -0.2) is 4.98 Å². The predicted octanol–water partition coefficient (Wildman–Crippen LogP) is 5.37. The standard InChI is InChI=1S/C21H19NO2S/c1-13-17(10-14-8-9-18-19(11-14)25-12-22-18)21(24-3)16-7-5-4-6-15(16)20(13)23-2/h4-9,11-12H,10H2,1-3H3. The van der Waals surface area contributed by atoms with Crippen molar-refractivity contribution in [2.75, 3.05) is 14.2 Å². The van der Waals surface area contributed by atoms with Gasteiger partial charge < -0.3 is 9.47 Å². The molecular formula is C21H19NO2S. The van der Waals surface area contributed by atoms with E-state index in [1.807, 2.05) is 17.6 Å². The average Bonchev–Trinajstić information content (AvgIpc) is 3.10. The zero-order valence-electron chi connectivity index (χ0n) is 14.5. The molecule has 0 unspecified atom stereocenters. The first kappa shape index (κ1) is 15.9. The third kappa shape index (κ3) is 2.63. The Morgan fingerprint density at radius 2 is 1.68 bits per heavy atom. The summed E-state index contributed by atoms with van der Waals surface area (Å²) in [5, 5.41) is 2.17. The lowest BCUT2D eigenvalue weighted by molar-refractivity contribution is 0.404. The summed E-state index contributed by atoms with van der Waals surface area (Å²) in [5.41, 5.74) is 6.48. The molecule has 4 aromatic rings. The van der Waals surface area contributed by atoms with E-state index in [0.29, 0.717) is 0 Å². The molecule has 0 N–H and O–H groups in total. The van der Waals surface area contributed by atoms with E-state index in [0.717, 1.165) is 39.8 Å². The molecule has 0 amide bonds. The van der Waals surface area contributed by atoms with Crippen molar-refractivity contribution in [3.63, 3.8) is 0 Å². The highest BCUT2D eigenvalue weighted by molar-refractivity contribution is 7.16. The van der Waals surface area contributed by atoms with Gasteiger partial charge in [-0.3, -0.25) is 0 Å². The van der Waals surface area contributed by atoms with Gasteiger partial charge in [-0.2, -0.15) is 0 Å². The van der Waals surface area contributed by atoms with Gasteiger partial charge in [-0.15, -0.1) is 11.3 Å². The Bertz CT molecular complexity index is 1070. The van der Waals surface area contributed by atoms with Crippen LogP contribution in [0.5, 0.6) is 11.5 Å². The second-order valence-corrected chi connectivity index (χ2v) is 6.93. The first-order chi connectivity index (χ1) is 12.2. The van der Waals surface area contributed by atoms with Crippen molar-refractivity contribution in [3.05, 3.63) is 64.7 Å². The van der Waals surface area contributed by atoms with E-state index in [2.05, 4.69) is 42.2 Å². The molecule has 0 saturated carbocycles. The highest BCUT2D eigenvalue weighted by Crippen LogP contribution is 2.41. The van der Waals surface area contributed by atoms with Crippen LogP contribution >= 0.6 is 11.3 Å². The van der Waals surface area contributed by atoms with Gasteiger partial charge in [0.25, 0.3) is 0 Å². The van der Waals surface area contributed by atoms with Crippen LogP contribution in [-0.4, -0.2) is 19.2 Å². The quantitative estimate of drug-likeness (QED) is 0.496. The van der Waals surface area contributed by atoms with Crippen LogP contribution in [0.25, 0.3) is 21.0 Å². The van der Waals surface area contributed by atoms with Crippen molar-refractivity contribution in [1.82, 2.24) is 4.98 Å². The first-order valence-corrected chi connectivity index (χ1v) is 9.05. The third-order valence-electron chi connectivity index (χ3n) is 4.67. The van der Waals surface area contributed by atoms with Crippen LogP contribution in [0.3, 0.4) is 0 Å². The summed E-state index contributed by atoms with van der Waals surface area (Å²) < 4.78 is 12.8. The van der Waals surface area contributed by atoms with Gasteiger partial charge in [-0.1, -0.05) is 30.3 Å². The van der Waals surface area contributed by atoms with Crippen LogP contribution in [0.4, 0.5) is 0 Å². The molecule has 0 bridgehead atoms. The molecule has 25 heavy (non-hydrogen) atoms. The molecule has 0 atom stereocenters. The zero-order valence-corrected chi connectivity index (χ0v) is 15.3. The Morgan fingerprint density at radius 1 is 0.960 bits per heavy atom. The normalized spacial score (nSPS) is 11.2. The number of thiazole rings is 1. The summed E-state index contributed by atoms with van der Waals surface area (Å²) in [6.45, 7) is 2.11. The van der Waals surface area contributed by atoms with Crippen molar-refractivity contribution in [1.29, 1.82) is 0 Å². The monoisotopic (exact) mass is 349 g/mol. The minimum absolute atomic E-state index is 0.796. The lowest BCUT2D eigenvalue weighted by Crippen LogP contribution is -2.01. The number of fused-ring (bicyclic) bond motifs is 2. The second kappa shape index (κ2) is 6.37. The third-order valence-corrected chi connectivity index (χ3v) is 5.46. The fraction of sp³-hybridized carbons (Fsp3) is 0.190. The Morgan fingerprint density at radius 3 is 2.40 bits per heavy atom. The summed E-state index contributed by atoms with van der Waals surface area (Å²) in [4.78, 5) is 4.36. The van der Waals surface area contributed by atoms with Crippen molar-refractivity contribution in [3.8, 4) is 11.5 Å². The van der Waals surface area contributed by atoms with E-state index in [-0.39, 0.29) is 0 Å². The summed E-state index contributed by atoms with van der Waals surface area (Å²) in [7, 11) is 3.47. The van der Waals surface area contributed by atoms with Crippen LogP contribution in [0, 0.1) is 6.92 Å². The average molecular weight is 349 g/mol. The smallest absolute Gasteiger partial charge is 0.130 e. The van der Waals surface area contributed by atoms with Crippen LogP contribution < -0.4 is 9.47 Å². The number of benzene rings is 3. The summed E-state index contributed by atoms with van der Waals surface area (Å²) in [6, 6.07) is 14.7. The molecule has 3 aromatic carbocycles. The molecule has 1 aromatic heterocycles. The minimum atomic E-state index is 0.796. The van der Waals surface area contributed by atoms with Gasteiger partial charge in [0.05, 0.1) is 29.9 Å². The van der Waals surface area contributed by atoms with Crippen LogP contribution in [0.2, 0.25) is 0 Å². The Kier molecular flexibility index (Phi) is 4.06. The summed E-state index contributed by atoms with van der Waals surface area (Å²) in [5.74, 6) is 1.85. The van der Waals surface area contributed by atoms with E-state index < -0.39 is 0 Å². The van der Waals surface area contributed by atoms with Crippen molar-refractivity contribution in [2.45, 2.75) is 13.3 Å². The van der Waals surface area contributed by atoms with Gasteiger partial charge in [0, 0.05) is 22.8 Å². The number of hydrogen-bond acceptors (Lipinski definition) is 4. The molecule has 126 valence electrons. The summed E-state index contributed by atoms with van der Waals surface area (Å²) >= 11 is 1.67. The number of rotatable bonds is 4. The lowest BCUT2D eigenvalue weighted by Gasteiger charge is -2.19. The van der Waals surface area contributed by atoms with E-state index in [1.54, 1.807) is 25.6 Å². The molecule has 0 aliphatic carbocycles. The molecule has 1 heterocycles. The fourth-order valence-electron chi connectivity index (χ4n) is 3.47. The molecule has 0 aliphatic heterocycles. The number of aromatic nitrogens is 1. The van der Waals surface area contributed by atoms with Crippen LogP contribution in [0.1, 0.15) is 16.7 Å². The zero-order chi connectivity index (χ0) is 17.4. The molecule has 0 spiro atoms. The Hall–Kier alpha value is -2.59. The maximum Gasteiger partial charge on any atom is 0.130 e. The van der Waals surface area contributed by atoms with Gasteiger partial charge in [-0.05, 0) is 30.2 Å². The molecule has 0 fully saturated rings. The molecular weight excluding hydrogens is 330 g/mol. The van der Waals surface area contributed by atoms with Gasteiger partial charge in [0.1, 0.15) is 11.5 Å². The Balaban J connectivity index is 1.91. The van der Waals surface area contributed by atoms with Crippen molar-refractivity contribution < 1.29 is 9.47 Å². The molecule has 0 aliphatic rings. The largest absolute Gasteiger partial charge is 0.496 e. The maximum atomic E-state index is 5.82. The van der Waals surface area contributed by atoms with Gasteiger partial charge in [0.2, 0.25) is 0 Å². The number of hydrogen-bond donors (Lipinski definition) is 0. The second-order valence-electron chi connectivity index (χ2n) is 6.05. The van der Waals surface area contributed by atoms with Gasteiger partial charge in [0.15, 0.2) is 0 Å². The molecule has 3 nitrogen and oxygen atoms in total. The SMILES string of the molecule is COc1c(C)c(Cc2ccc3ncsc3c2)c(OC)c2ccccc12. The summed E-state index contributed by atoms with van der Waals surface area (Å²) in [6.07, 6.45) is 0.796. The molecule has 4 rings (SSSR count). The molecule has 0 saturated heterocycles. The van der Waals surface area contributed by atoms with Crippen LogP contribution in [-0.2, 0) is 6.42 Å². The van der Waals surface area contributed by atoms with Crippen LogP contribution in [0.15, 0.2) is 48.0 Å². The van der Waals surface area contributed by atoms with E-state index in [4.69, 9.17) is 9.47 Å². The molecule has 0 radical (unpaired) electrons.